The summed E-state index contributed by atoms with van der Waals surface area (Å²) in [5.74, 6) is -1.18. The van der Waals surface area contributed by atoms with E-state index >= 15 is 0 Å². The van der Waals surface area contributed by atoms with Crippen LogP contribution >= 0.6 is 11.3 Å². The van der Waals surface area contributed by atoms with Crippen LogP contribution in [0.1, 0.15) is 43.2 Å². The number of rotatable bonds is 6. The number of methoxy groups -OCH3 is 1. The molecule has 1 aliphatic rings. The first-order chi connectivity index (χ1) is 9.58. The van der Waals surface area contributed by atoms with E-state index in [9.17, 15) is 9.90 Å². The van der Waals surface area contributed by atoms with Gasteiger partial charge in [0.15, 0.2) is 5.13 Å². The zero-order valence-corrected chi connectivity index (χ0v) is 13.1. The average molecular weight is 298 g/mol. The summed E-state index contributed by atoms with van der Waals surface area (Å²) in [5.41, 5.74) is 0.784. The summed E-state index contributed by atoms with van der Waals surface area (Å²) in [5, 5.41) is 10.2. The second-order valence-corrected chi connectivity index (χ2v) is 6.24. The first-order valence-electron chi connectivity index (χ1n) is 7.06. The van der Waals surface area contributed by atoms with Gasteiger partial charge in [0.25, 0.3) is 0 Å². The lowest BCUT2D eigenvalue weighted by atomic mass is 9.91. The van der Waals surface area contributed by atoms with Gasteiger partial charge in [0.2, 0.25) is 0 Å². The summed E-state index contributed by atoms with van der Waals surface area (Å²) in [6.45, 7) is 5.67. The van der Waals surface area contributed by atoms with Crippen molar-refractivity contribution in [2.24, 2.45) is 0 Å². The molecule has 0 spiro atoms. The first-order valence-corrected chi connectivity index (χ1v) is 7.88. The molecule has 1 aliphatic carbocycles. The van der Waals surface area contributed by atoms with E-state index in [0.29, 0.717) is 13.0 Å². The fraction of sp³-hybridized carbons (Fsp3) is 0.714. The van der Waals surface area contributed by atoms with Gasteiger partial charge in [0.1, 0.15) is 5.92 Å². The molecule has 2 unspecified atom stereocenters. The normalized spacial score (nSPS) is 19.4. The Balaban J connectivity index is 2.28. The molecule has 2 atom stereocenters. The minimum Gasteiger partial charge on any atom is -0.481 e. The molecule has 1 N–H and O–H groups in total. The van der Waals surface area contributed by atoms with E-state index < -0.39 is 11.9 Å². The molecule has 0 radical (unpaired) electrons. The van der Waals surface area contributed by atoms with Crippen molar-refractivity contribution < 1.29 is 14.6 Å². The molecule has 1 aromatic rings. The van der Waals surface area contributed by atoms with E-state index in [0.717, 1.165) is 35.1 Å². The zero-order valence-electron chi connectivity index (χ0n) is 12.3. The first kappa shape index (κ1) is 15.3. The van der Waals surface area contributed by atoms with Crippen LogP contribution in [0.3, 0.4) is 0 Å². The number of carboxylic acids is 1. The largest absolute Gasteiger partial charge is 0.481 e. The number of likely N-dealkylation sites (N-methyl/N-ethyl adjacent to an activating group) is 1. The summed E-state index contributed by atoms with van der Waals surface area (Å²) >= 11 is 1.64. The lowest BCUT2D eigenvalue weighted by Crippen LogP contribution is -2.36. The second kappa shape index (κ2) is 6.54. The van der Waals surface area contributed by atoms with Crippen LogP contribution in [0.5, 0.6) is 0 Å². The number of anilines is 1. The molecule has 1 aromatic heterocycles. The molecule has 1 heterocycles. The molecule has 0 bridgehead atoms. The summed E-state index contributed by atoms with van der Waals surface area (Å²) in [6, 6.07) is 0.237. The maximum Gasteiger partial charge on any atom is 0.312 e. The van der Waals surface area contributed by atoms with Gasteiger partial charge in [0, 0.05) is 18.5 Å². The number of aromatic nitrogens is 1. The lowest BCUT2D eigenvalue weighted by Gasteiger charge is -2.26. The number of nitrogens with zero attached hydrogens (tertiary/aromatic N) is 2. The molecule has 5 nitrogen and oxygen atoms in total. The molecular weight excluding hydrogens is 276 g/mol. The van der Waals surface area contributed by atoms with Crippen molar-refractivity contribution in [2.75, 3.05) is 25.2 Å². The van der Waals surface area contributed by atoms with Crippen LogP contribution in [-0.4, -0.2) is 42.4 Å². The van der Waals surface area contributed by atoms with E-state index in [1.165, 1.54) is 0 Å². The third-order valence-electron chi connectivity index (χ3n) is 3.77. The van der Waals surface area contributed by atoms with Crippen LogP contribution in [0, 0.1) is 0 Å². The molecule has 0 aliphatic heterocycles. The molecule has 0 amide bonds. The van der Waals surface area contributed by atoms with Crippen LogP contribution in [-0.2, 0) is 16.0 Å². The van der Waals surface area contributed by atoms with Crippen LogP contribution in [0.15, 0.2) is 0 Å². The summed E-state index contributed by atoms with van der Waals surface area (Å²) < 4.78 is 5.21. The van der Waals surface area contributed by atoms with Crippen molar-refractivity contribution in [1.82, 2.24) is 4.98 Å². The Kier molecular flexibility index (Phi) is 4.99. The average Bonchev–Trinajstić information content (AvgIpc) is 2.82. The van der Waals surface area contributed by atoms with Crippen molar-refractivity contribution in [2.45, 2.75) is 45.1 Å². The standard InChI is InChI=1S/C14H22N2O3S/c1-4-16(9(2)8-19-3)14-15-12-10(13(17)18)6-5-7-11(12)20-14/h9-10H,4-8H2,1-3H3,(H,17,18). The highest BCUT2D eigenvalue weighted by atomic mass is 32.1. The second-order valence-electron chi connectivity index (χ2n) is 5.18. The Morgan fingerprint density at radius 3 is 3.00 bits per heavy atom. The number of hydrogen-bond donors (Lipinski definition) is 1. The van der Waals surface area contributed by atoms with Gasteiger partial charge in [-0.15, -0.1) is 11.3 Å². The predicted octanol–water partition coefficient (Wildman–Crippen LogP) is 2.51. The summed E-state index contributed by atoms with van der Waals surface area (Å²) in [4.78, 5) is 19.3. The van der Waals surface area contributed by atoms with E-state index in [2.05, 4.69) is 23.7 Å². The highest BCUT2D eigenvalue weighted by Gasteiger charge is 2.31. The Morgan fingerprint density at radius 2 is 2.40 bits per heavy atom. The molecule has 0 fully saturated rings. The van der Waals surface area contributed by atoms with Crippen LogP contribution in [0.25, 0.3) is 0 Å². The van der Waals surface area contributed by atoms with Gasteiger partial charge >= 0.3 is 5.97 Å². The molecule has 6 heteroatoms. The van der Waals surface area contributed by atoms with Gasteiger partial charge < -0.3 is 14.7 Å². The molecule has 2 rings (SSSR count). The minimum absolute atomic E-state index is 0.237. The molecule has 0 saturated heterocycles. The van der Waals surface area contributed by atoms with Crippen molar-refractivity contribution >= 4 is 22.4 Å². The number of thiazole rings is 1. The van der Waals surface area contributed by atoms with Gasteiger partial charge in [-0.25, -0.2) is 4.98 Å². The van der Waals surface area contributed by atoms with Gasteiger partial charge in [-0.05, 0) is 33.1 Å². The van der Waals surface area contributed by atoms with Crippen LogP contribution < -0.4 is 4.90 Å². The number of ether oxygens (including phenoxy) is 1. The number of aliphatic carboxylic acids is 1. The van der Waals surface area contributed by atoms with E-state index in [4.69, 9.17) is 4.74 Å². The van der Waals surface area contributed by atoms with Crippen molar-refractivity contribution in [1.29, 1.82) is 0 Å². The van der Waals surface area contributed by atoms with Crippen LogP contribution in [0.2, 0.25) is 0 Å². The zero-order chi connectivity index (χ0) is 14.7. The number of hydrogen-bond acceptors (Lipinski definition) is 5. The van der Waals surface area contributed by atoms with Crippen molar-refractivity contribution in [3.05, 3.63) is 10.6 Å². The predicted molar refractivity (Wildman–Crippen MR) is 79.8 cm³/mol. The van der Waals surface area contributed by atoms with Crippen molar-refractivity contribution in [3.63, 3.8) is 0 Å². The molecular formula is C14H22N2O3S. The lowest BCUT2D eigenvalue weighted by molar-refractivity contribution is -0.139. The molecule has 112 valence electrons. The summed E-state index contributed by atoms with van der Waals surface area (Å²) in [7, 11) is 1.69. The van der Waals surface area contributed by atoms with Gasteiger partial charge in [0.05, 0.1) is 18.3 Å². The number of carboxylic acid groups (broad SMARTS) is 1. The Hall–Kier alpha value is -1.14. The van der Waals surface area contributed by atoms with E-state index in [-0.39, 0.29) is 6.04 Å². The maximum absolute atomic E-state index is 11.3. The topological polar surface area (TPSA) is 62.7 Å². The minimum atomic E-state index is -0.754. The van der Waals surface area contributed by atoms with Crippen molar-refractivity contribution in [3.8, 4) is 0 Å². The fourth-order valence-corrected chi connectivity index (χ4v) is 4.06. The van der Waals surface area contributed by atoms with Gasteiger partial charge in [-0.3, -0.25) is 4.79 Å². The van der Waals surface area contributed by atoms with Gasteiger partial charge in [-0.2, -0.15) is 0 Å². The Morgan fingerprint density at radius 1 is 1.65 bits per heavy atom. The number of carbonyl (C=O) groups is 1. The van der Waals surface area contributed by atoms with E-state index in [1.807, 2.05) is 0 Å². The quantitative estimate of drug-likeness (QED) is 0.874. The SMILES string of the molecule is CCN(c1nc2c(s1)CCCC2C(=O)O)C(C)COC. The third-order valence-corrected chi connectivity index (χ3v) is 4.94. The molecule has 0 saturated carbocycles. The maximum atomic E-state index is 11.3. The van der Waals surface area contributed by atoms with Gasteiger partial charge in [-0.1, -0.05) is 0 Å². The Labute approximate surface area is 123 Å². The van der Waals surface area contributed by atoms with E-state index in [1.54, 1.807) is 18.4 Å². The highest BCUT2D eigenvalue weighted by molar-refractivity contribution is 7.15. The smallest absolute Gasteiger partial charge is 0.312 e. The third kappa shape index (κ3) is 2.96. The molecule has 0 aromatic carbocycles. The number of aryl methyl sites for hydroxylation is 1. The molecule has 20 heavy (non-hydrogen) atoms. The highest BCUT2D eigenvalue weighted by Crippen LogP contribution is 2.38. The monoisotopic (exact) mass is 298 g/mol. The Bertz CT molecular complexity index is 475. The fourth-order valence-electron chi connectivity index (χ4n) is 2.74. The number of fused-ring (bicyclic) bond motifs is 1. The van der Waals surface area contributed by atoms with Crippen LogP contribution in [0.4, 0.5) is 5.13 Å². The summed E-state index contributed by atoms with van der Waals surface area (Å²) in [6.07, 6.45) is 2.59.